The molecule has 1 aliphatic rings. The molecule has 2 aromatic rings. The lowest BCUT2D eigenvalue weighted by Gasteiger charge is -2.32. The first-order valence-electron chi connectivity index (χ1n) is 8.77. The van der Waals surface area contributed by atoms with E-state index in [9.17, 15) is 4.79 Å². The third-order valence-electron chi connectivity index (χ3n) is 4.85. The predicted molar refractivity (Wildman–Crippen MR) is 99.0 cm³/mol. The van der Waals surface area contributed by atoms with Crippen molar-refractivity contribution in [3.8, 4) is 0 Å². The van der Waals surface area contributed by atoms with Crippen molar-refractivity contribution in [3.63, 3.8) is 0 Å². The summed E-state index contributed by atoms with van der Waals surface area (Å²) in [6, 6.07) is 16.6. The molecule has 0 saturated carbocycles. The largest absolute Gasteiger partial charge is 0.325 e. The maximum atomic E-state index is 12.7. The van der Waals surface area contributed by atoms with Gasteiger partial charge in [-0.1, -0.05) is 48.5 Å². The second kappa shape index (κ2) is 7.63. The molecule has 1 aliphatic heterocycles. The Kier molecular flexibility index (Phi) is 5.31. The minimum atomic E-state index is 0.0708. The predicted octanol–water partition coefficient (Wildman–Crippen LogP) is 4.15. The average molecular weight is 322 g/mol. The minimum absolute atomic E-state index is 0.0708. The smallest absolute Gasteiger partial charge is 0.228 e. The minimum Gasteiger partial charge on any atom is -0.325 e. The number of hydrogen-bond donors (Lipinski definition) is 1. The topological polar surface area (TPSA) is 32.3 Å². The van der Waals surface area contributed by atoms with Gasteiger partial charge in [-0.2, -0.15) is 0 Å². The van der Waals surface area contributed by atoms with E-state index >= 15 is 0 Å². The molecular formula is C21H26N2O. The highest BCUT2D eigenvalue weighted by atomic mass is 16.1. The quantitative estimate of drug-likeness (QED) is 0.917. The number of amides is 1. The molecular weight excluding hydrogens is 296 g/mol. The lowest BCUT2D eigenvalue weighted by Crippen LogP contribution is -2.40. The summed E-state index contributed by atoms with van der Waals surface area (Å²) >= 11 is 0. The van der Waals surface area contributed by atoms with Crippen LogP contribution in [0.4, 0.5) is 5.69 Å². The van der Waals surface area contributed by atoms with E-state index in [0.29, 0.717) is 0 Å². The molecule has 0 radical (unpaired) electrons. The molecule has 24 heavy (non-hydrogen) atoms. The molecule has 0 aromatic heterocycles. The van der Waals surface area contributed by atoms with Crippen LogP contribution in [-0.2, 0) is 11.3 Å². The second-order valence-electron chi connectivity index (χ2n) is 6.82. The first kappa shape index (κ1) is 16.7. The van der Waals surface area contributed by atoms with E-state index in [1.165, 1.54) is 5.56 Å². The van der Waals surface area contributed by atoms with Crippen LogP contribution in [0.5, 0.6) is 0 Å². The maximum absolute atomic E-state index is 12.7. The normalized spacial score (nSPS) is 18.3. The van der Waals surface area contributed by atoms with Gasteiger partial charge in [-0.05, 0) is 49.9 Å². The van der Waals surface area contributed by atoms with E-state index < -0.39 is 0 Å². The highest BCUT2D eigenvalue weighted by Gasteiger charge is 2.26. The number of likely N-dealkylation sites (tertiary alicyclic amines) is 1. The van der Waals surface area contributed by atoms with Gasteiger partial charge >= 0.3 is 0 Å². The number of rotatable bonds is 4. The Bertz CT molecular complexity index is 676. The lowest BCUT2D eigenvalue weighted by atomic mass is 9.96. The van der Waals surface area contributed by atoms with Crippen molar-refractivity contribution in [2.75, 3.05) is 18.4 Å². The summed E-state index contributed by atoms with van der Waals surface area (Å²) in [6.07, 6.45) is 2.06. The molecule has 0 bridgehead atoms. The Morgan fingerprint density at radius 2 is 1.79 bits per heavy atom. The molecule has 0 spiro atoms. The fourth-order valence-electron chi connectivity index (χ4n) is 3.49. The fraction of sp³-hybridized carbons (Fsp3) is 0.381. The number of aryl methyl sites for hydroxylation is 2. The molecule has 1 N–H and O–H groups in total. The summed E-state index contributed by atoms with van der Waals surface area (Å²) < 4.78 is 0. The maximum Gasteiger partial charge on any atom is 0.228 e. The number of para-hydroxylation sites is 1. The van der Waals surface area contributed by atoms with Crippen LogP contribution in [-0.4, -0.2) is 23.9 Å². The van der Waals surface area contributed by atoms with Gasteiger partial charge in [0.05, 0.1) is 5.92 Å². The number of nitrogens with one attached hydrogen (secondary N) is 1. The van der Waals surface area contributed by atoms with Gasteiger partial charge in [0.15, 0.2) is 0 Å². The van der Waals surface area contributed by atoms with Crippen LogP contribution in [0, 0.1) is 19.8 Å². The van der Waals surface area contributed by atoms with Gasteiger partial charge in [0.25, 0.3) is 0 Å². The fourth-order valence-corrected chi connectivity index (χ4v) is 3.49. The van der Waals surface area contributed by atoms with E-state index in [1.807, 2.05) is 38.1 Å². The zero-order chi connectivity index (χ0) is 16.9. The van der Waals surface area contributed by atoms with E-state index in [2.05, 4.69) is 34.5 Å². The number of carbonyl (C=O) groups is 1. The van der Waals surface area contributed by atoms with Gasteiger partial charge in [-0.25, -0.2) is 0 Å². The molecule has 1 unspecified atom stereocenters. The van der Waals surface area contributed by atoms with Crippen molar-refractivity contribution in [1.82, 2.24) is 4.90 Å². The van der Waals surface area contributed by atoms with Crippen LogP contribution in [0.3, 0.4) is 0 Å². The molecule has 3 rings (SSSR count). The van der Waals surface area contributed by atoms with Crippen LogP contribution in [0.1, 0.15) is 29.5 Å². The molecule has 126 valence electrons. The van der Waals surface area contributed by atoms with Gasteiger partial charge < -0.3 is 5.32 Å². The van der Waals surface area contributed by atoms with Gasteiger partial charge in [0.1, 0.15) is 0 Å². The van der Waals surface area contributed by atoms with Crippen LogP contribution in [0.25, 0.3) is 0 Å². The number of carbonyl (C=O) groups excluding carboxylic acids is 1. The van der Waals surface area contributed by atoms with Crippen LogP contribution in [0.2, 0.25) is 0 Å². The van der Waals surface area contributed by atoms with Crippen molar-refractivity contribution in [2.45, 2.75) is 33.2 Å². The van der Waals surface area contributed by atoms with Gasteiger partial charge in [-0.15, -0.1) is 0 Å². The Labute approximate surface area is 144 Å². The van der Waals surface area contributed by atoms with Crippen molar-refractivity contribution >= 4 is 11.6 Å². The summed E-state index contributed by atoms with van der Waals surface area (Å²) in [6.45, 7) is 6.93. The van der Waals surface area contributed by atoms with Crippen LogP contribution < -0.4 is 5.32 Å². The third-order valence-corrected chi connectivity index (χ3v) is 4.85. The van der Waals surface area contributed by atoms with E-state index in [0.717, 1.165) is 49.3 Å². The monoisotopic (exact) mass is 322 g/mol. The molecule has 1 saturated heterocycles. The van der Waals surface area contributed by atoms with Crippen molar-refractivity contribution in [1.29, 1.82) is 0 Å². The molecule has 1 fully saturated rings. The van der Waals surface area contributed by atoms with Crippen LogP contribution in [0.15, 0.2) is 48.5 Å². The van der Waals surface area contributed by atoms with Crippen molar-refractivity contribution in [2.24, 2.45) is 5.92 Å². The van der Waals surface area contributed by atoms with Gasteiger partial charge in [-0.3, -0.25) is 9.69 Å². The van der Waals surface area contributed by atoms with Crippen molar-refractivity contribution in [3.05, 3.63) is 65.2 Å². The lowest BCUT2D eigenvalue weighted by molar-refractivity contribution is -0.121. The van der Waals surface area contributed by atoms with E-state index in [-0.39, 0.29) is 11.8 Å². The van der Waals surface area contributed by atoms with E-state index in [4.69, 9.17) is 0 Å². The standard InChI is InChI=1S/C21H26N2O/c1-16-8-6-9-17(2)20(16)22-21(24)19-12-7-13-23(15-19)14-18-10-4-3-5-11-18/h3-6,8-11,19H,7,12-15H2,1-2H3,(H,22,24). The SMILES string of the molecule is Cc1cccc(C)c1NC(=O)C1CCCN(Cc2ccccc2)C1. The molecule has 1 amide bonds. The van der Waals surface area contributed by atoms with Gasteiger partial charge in [0, 0.05) is 18.8 Å². The first-order chi connectivity index (χ1) is 11.6. The molecule has 2 aromatic carbocycles. The van der Waals surface area contributed by atoms with Gasteiger partial charge in [0.2, 0.25) is 5.91 Å². The Morgan fingerprint density at radius 3 is 2.50 bits per heavy atom. The second-order valence-corrected chi connectivity index (χ2v) is 6.82. The summed E-state index contributed by atoms with van der Waals surface area (Å²) in [5.41, 5.74) is 4.54. The molecule has 3 heteroatoms. The zero-order valence-corrected chi connectivity index (χ0v) is 14.6. The highest BCUT2D eigenvalue weighted by Crippen LogP contribution is 2.23. The van der Waals surface area contributed by atoms with Crippen molar-refractivity contribution < 1.29 is 4.79 Å². The van der Waals surface area contributed by atoms with Crippen LogP contribution >= 0.6 is 0 Å². The number of anilines is 1. The summed E-state index contributed by atoms with van der Waals surface area (Å²) in [4.78, 5) is 15.1. The first-order valence-corrected chi connectivity index (χ1v) is 8.77. The highest BCUT2D eigenvalue weighted by molar-refractivity contribution is 5.94. The summed E-state index contributed by atoms with van der Waals surface area (Å²) in [5.74, 6) is 0.228. The molecule has 1 heterocycles. The Balaban J connectivity index is 1.63. The summed E-state index contributed by atoms with van der Waals surface area (Å²) in [7, 11) is 0. The number of nitrogens with zero attached hydrogens (tertiary/aromatic N) is 1. The molecule has 1 atom stereocenters. The zero-order valence-electron chi connectivity index (χ0n) is 14.6. The third kappa shape index (κ3) is 4.04. The molecule has 3 nitrogen and oxygen atoms in total. The Hall–Kier alpha value is -2.13. The number of piperidine rings is 1. The van der Waals surface area contributed by atoms with E-state index in [1.54, 1.807) is 0 Å². The number of benzene rings is 2. The Morgan fingerprint density at radius 1 is 1.08 bits per heavy atom. The number of hydrogen-bond acceptors (Lipinski definition) is 2. The molecule has 0 aliphatic carbocycles. The summed E-state index contributed by atoms with van der Waals surface area (Å²) in [5, 5.41) is 3.17. The average Bonchev–Trinajstić information content (AvgIpc) is 2.59.